The fourth-order valence-corrected chi connectivity index (χ4v) is 5.54. The van der Waals surface area contributed by atoms with Crippen LogP contribution in [0.25, 0.3) is 32.1 Å². The Bertz CT molecular complexity index is 1270. The molecule has 2 aromatic heterocycles. The first-order chi connectivity index (χ1) is 16.2. The lowest BCUT2D eigenvalue weighted by Crippen LogP contribution is -2.38. The quantitative estimate of drug-likeness (QED) is 0.408. The second kappa shape index (κ2) is 9.87. The maximum atomic E-state index is 13.3. The molecule has 33 heavy (non-hydrogen) atoms. The molecule has 0 radical (unpaired) electrons. The van der Waals surface area contributed by atoms with Gasteiger partial charge in [0.25, 0.3) is 5.91 Å². The maximum absolute atomic E-state index is 13.3. The summed E-state index contributed by atoms with van der Waals surface area (Å²) in [5, 5.41) is 5.14. The Morgan fingerprint density at radius 2 is 1.97 bits per heavy atom. The van der Waals surface area contributed by atoms with Gasteiger partial charge in [0.05, 0.1) is 25.8 Å². The van der Waals surface area contributed by atoms with Gasteiger partial charge in [-0.2, -0.15) is 0 Å². The zero-order valence-corrected chi connectivity index (χ0v) is 19.5. The fraction of sp³-hybridized carbons (Fsp3) is 0.308. The number of benzene rings is 2. The molecule has 7 heteroatoms. The number of carbonyl (C=O) groups excluding carboxylic acids is 1. The van der Waals surface area contributed by atoms with E-state index in [1.54, 1.807) is 7.11 Å². The summed E-state index contributed by atoms with van der Waals surface area (Å²) in [6.45, 7) is 5.13. The molecule has 0 unspecified atom stereocenters. The van der Waals surface area contributed by atoms with Crippen LogP contribution in [0.2, 0.25) is 0 Å². The van der Waals surface area contributed by atoms with Crippen LogP contribution in [-0.4, -0.2) is 62.3 Å². The number of thiophene rings is 1. The van der Waals surface area contributed by atoms with Gasteiger partial charge in [-0.1, -0.05) is 30.3 Å². The Labute approximate surface area is 197 Å². The predicted molar refractivity (Wildman–Crippen MR) is 133 cm³/mol. The van der Waals surface area contributed by atoms with Crippen molar-refractivity contribution in [3.8, 4) is 16.9 Å². The van der Waals surface area contributed by atoms with Crippen molar-refractivity contribution in [3.63, 3.8) is 0 Å². The standard InChI is InChI=1S/C26H27N3O3S/c1-31-19-8-9-22-20(16-19)24-21(17-28-22)23(18-6-3-2-4-7-18)25(33-24)26(30)27-10-5-11-29-12-14-32-15-13-29/h2-4,6-9,16-17H,5,10-15H2,1H3,(H,27,30). The van der Waals surface area contributed by atoms with Crippen LogP contribution in [0, 0.1) is 0 Å². The number of methoxy groups -OCH3 is 1. The Hall–Kier alpha value is -3.00. The maximum Gasteiger partial charge on any atom is 0.262 e. The van der Waals surface area contributed by atoms with Gasteiger partial charge in [0.2, 0.25) is 0 Å². The van der Waals surface area contributed by atoms with Crippen LogP contribution in [0.5, 0.6) is 5.75 Å². The Morgan fingerprint density at radius 3 is 2.76 bits per heavy atom. The molecule has 5 rings (SSSR count). The number of hydrogen-bond donors (Lipinski definition) is 1. The van der Waals surface area contributed by atoms with E-state index in [1.807, 2.05) is 54.7 Å². The molecule has 0 bridgehead atoms. The van der Waals surface area contributed by atoms with Crippen molar-refractivity contribution in [2.45, 2.75) is 6.42 Å². The number of carbonyl (C=O) groups is 1. The van der Waals surface area contributed by atoms with Crippen LogP contribution in [-0.2, 0) is 4.74 Å². The average molecular weight is 462 g/mol. The minimum absolute atomic E-state index is 0.0342. The molecule has 1 N–H and O–H groups in total. The van der Waals surface area contributed by atoms with Gasteiger partial charge in [0.1, 0.15) is 10.6 Å². The van der Waals surface area contributed by atoms with Gasteiger partial charge >= 0.3 is 0 Å². The molecule has 0 spiro atoms. The van der Waals surface area contributed by atoms with Gasteiger partial charge in [-0.25, -0.2) is 0 Å². The molecular weight excluding hydrogens is 434 g/mol. The topological polar surface area (TPSA) is 63.7 Å². The number of morpholine rings is 1. The lowest BCUT2D eigenvalue weighted by Gasteiger charge is -2.26. The molecule has 3 heterocycles. The first-order valence-electron chi connectivity index (χ1n) is 11.3. The lowest BCUT2D eigenvalue weighted by atomic mass is 10.0. The zero-order valence-electron chi connectivity index (χ0n) is 18.7. The highest BCUT2D eigenvalue weighted by molar-refractivity contribution is 7.22. The molecule has 0 aliphatic carbocycles. The fourth-order valence-electron chi connectivity index (χ4n) is 4.30. The largest absolute Gasteiger partial charge is 0.497 e. The Kier molecular flexibility index (Phi) is 6.53. The Morgan fingerprint density at radius 1 is 1.15 bits per heavy atom. The van der Waals surface area contributed by atoms with E-state index in [-0.39, 0.29) is 5.91 Å². The summed E-state index contributed by atoms with van der Waals surface area (Å²) in [6.07, 6.45) is 2.80. The van der Waals surface area contributed by atoms with Gasteiger partial charge in [0.15, 0.2) is 0 Å². The van der Waals surface area contributed by atoms with Gasteiger partial charge in [-0.15, -0.1) is 11.3 Å². The van der Waals surface area contributed by atoms with Crippen molar-refractivity contribution >= 4 is 38.2 Å². The second-order valence-corrected chi connectivity index (χ2v) is 9.14. The molecule has 1 saturated heterocycles. The van der Waals surface area contributed by atoms with E-state index in [1.165, 1.54) is 11.3 Å². The zero-order chi connectivity index (χ0) is 22.6. The van der Waals surface area contributed by atoms with E-state index in [2.05, 4.69) is 15.2 Å². The summed E-state index contributed by atoms with van der Waals surface area (Å²) >= 11 is 1.53. The number of ether oxygens (including phenoxy) is 2. The van der Waals surface area contributed by atoms with E-state index < -0.39 is 0 Å². The summed E-state index contributed by atoms with van der Waals surface area (Å²) in [4.78, 5) is 21.1. The number of pyridine rings is 1. The molecule has 0 saturated carbocycles. The number of nitrogens with zero attached hydrogens (tertiary/aromatic N) is 2. The van der Waals surface area contributed by atoms with Gasteiger partial charge in [0, 0.05) is 46.9 Å². The van der Waals surface area contributed by atoms with Crippen LogP contribution < -0.4 is 10.1 Å². The van der Waals surface area contributed by atoms with Crippen molar-refractivity contribution in [1.29, 1.82) is 0 Å². The summed E-state index contributed by atoms with van der Waals surface area (Å²) < 4.78 is 11.9. The van der Waals surface area contributed by atoms with E-state index in [0.717, 1.165) is 82.0 Å². The summed E-state index contributed by atoms with van der Waals surface area (Å²) in [5.41, 5.74) is 2.85. The van der Waals surface area contributed by atoms with Crippen molar-refractivity contribution in [2.75, 3.05) is 46.5 Å². The molecule has 1 aliphatic heterocycles. The van der Waals surface area contributed by atoms with Crippen LogP contribution >= 0.6 is 11.3 Å². The smallest absolute Gasteiger partial charge is 0.262 e. The summed E-state index contributed by atoms with van der Waals surface area (Å²) in [6, 6.07) is 16.0. The van der Waals surface area contributed by atoms with E-state index in [4.69, 9.17) is 9.47 Å². The van der Waals surface area contributed by atoms with E-state index in [9.17, 15) is 4.79 Å². The summed E-state index contributed by atoms with van der Waals surface area (Å²) in [5.74, 6) is 0.744. The van der Waals surface area contributed by atoms with Crippen LogP contribution in [0.1, 0.15) is 16.1 Å². The monoisotopic (exact) mass is 461 g/mol. The summed E-state index contributed by atoms with van der Waals surface area (Å²) in [7, 11) is 1.66. The number of aromatic nitrogens is 1. The lowest BCUT2D eigenvalue weighted by molar-refractivity contribution is 0.0374. The molecular formula is C26H27N3O3S. The van der Waals surface area contributed by atoms with Crippen molar-refractivity contribution < 1.29 is 14.3 Å². The third-order valence-electron chi connectivity index (χ3n) is 6.04. The normalized spacial score (nSPS) is 14.6. The van der Waals surface area contributed by atoms with Gasteiger partial charge < -0.3 is 14.8 Å². The molecule has 6 nitrogen and oxygen atoms in total. The first kappa shape index (κ1) is 21.8. The molecule has 1 amide bonds. The molecule has 1 aliphatic rings. The number of amides is 1. The molecule has 170 valence electrons. The van der Waals surface area contributed by atoms with E-state index in [0.29, 0.717) is 6.54 Å². The third kappa shape index (κ3) is 4.57. The minimum atomic E-state index is -0.0342. The molecule has 4 aromatic rings. The second-order valence-electron chi connectivity index (χ2n) is 8.12. The minimum Gasteiger partial charge on any atom is -0.497 e. The highest BCUT2D eigenvalue weighted by Gasteiger charge is 2.21. The first-order valence-corrected chi connectivity index (χ1v) is 12.1. The average Bonchev–Trinajstić information content (AvgIpc) is 3.27. The van der Waals surface area contributed by atoms with Crippen LogP contribution in [0.3, 0.4) is 0 Å². The van der Waals surface area contributed by atoms with Crippen LogP contribution in [0.4, 0.5) is 0 Å². The SMILES string of the molecule is COc1ccc2ncc3c(-c4ccccc4)c(C(=O)NCCCN4CCOCC4)sc3c2c1. The van der Waals surface area contributed by atoms with Crippen LogP contribution in [0.15, 0.2) is 54.7 Å². The van der Waals surface area contributed by atoms with Crippen molar-refractivity contribution in [1.82, 2.24) is 15.2 Å². The number of hydrogen-bond acceptors (Lipinski definition) is 6. The molecule has 1 fully saturated rings. The predicted octanol–water partition coefficient (Wildman–Crippen LogP) is 4.58. The third-order valence-corrected chi connectivity index (χ3v) is 7.27. The van der Waals surface area contributed by atoms with Crippen molar-refractivity contribution in [3.05, 3.63) is 59.6 Å². The molecule has 0 atom stereocenters. The van der Waals surface area contributed by atoms with E-state index >= 15 is 0 Å². The van der Waals surface area contributed by atoms with Gasteiger partial charge in [-0.05, 0) is 36.7 Å². The number of nitrogens with one attached hydrogen (secondary N) is 1. The number of fused-ring (bicyclic) bond motifs is 3. The molecule has 2 aromatic carbocycles. The highest BCUT2D eigenvalue weighted by atomic mass is 32.1. The van der Waals surface area contributed by atoms with Crippen molar-refractivity contribution in [2.24, 2.45) is 0 Å². The Balaban J connectivity index is 1.47. The number of rotatable bonds is 7. The highest BCUT2D eigenvalue weighted by Crippen LogP contribution is 2.42. The van der Waals surface area contributed by atoms with Gasteiger partial charge in [-0.3, -0.25) is 14.7 Å².